The lowest BCUT2D eigenvalue weighted by Crippen LogP contribution is -2.28. The zero-order chi connectivity index (χ0) is 20.0. The fourth-order valence-corrected chi connectivity index (χ4v) is 3.55. The molecule has 2 aromatic carbocycles. The molecular weight excluding hydrogens is 376 g/mol. The summed E-state index contributed by atoms with van der Waals surface area (Å²) in [6, 6.07) is 16.3. The highest BCUT2D eigenvalue weighted by molar-refractivity contribution is 7.92. The highest BCUT2D eigenvalue weighted by Crippen LogP contribution is 2.19. The number of rotatable bonds is 6. The maximum atomic E-state index is 12.5. The molecule has 0 fully saturated rings. The number of aromatic nitrogens is 1. The van der Waals surface area contributed by atoms with Gasteiger partial charge in [-0.25, -0.2) is 13.2 Å². The third-order valence-electron chi connectivity index (χ3n) is 3.87. The Morgan fingerprint density at radius 2 is 1.79 bits per heavy atom. The molecule has 0 saturated heterocycles. The second-order valence-corrected chi connectivity index (χ2v) is 7.85. The van der Waals surface area contributed by atoms with Crippen molar-refractivity contribution in [3.8, 4) is 0 Å². The van der Waals surface area contributed by atoms with Gasteiger partial charge in [-0.3, -0.25) is 9.71 Å². The Balaban J connectivity index is 1.60. The number of carbonyl (C=O) groups excluding carboxylic acids is 1. The summed E-state index contributed by atoms with van der Waals surface area (Å²) in [7, 11) is -3.71. The molecule has 0 aliphatic carbocycles. The number of urea groups is 1. The number of hydrogen-bond acceptors (Lipinski definition) is 4. The average Bonchev–Trinajstić information content (AvgIpc) is 2.67. The number of aryl methyl sites for hydroxylation is 1. The Morgan fingerprint density at radius 1 is 1.00 bits per heavy atom. The van der Waals surface area contributed by atoms with Crippen LogP contribution in [-0.4, -0.2) is 19.4 Å². The van der Waals surface area contributed by atoms with Gasteiger partial charge < -0.3 is 10.6 Å². The van der Waals surface area contributed by atoms with E-state index in [1.165, 1.54) is 24.3 Å². The van der Waals surface area contributed by atoms with Crippen molar-refractivity contribution in [2.45, 2.75) is 18.4 Å². The van der Waals surface area contributed by atoms with Crippen LogP contribution >= 0.6 is 0 Å². The fourth-order valence-electron chi connectivity index (χ4n) is 2.50. The van der Waals surface area contributed by atoms with E-state index in [2.05, 4.69) is 20.3 Å². The third kappa shape index (κ3) is 5.31. The predicted octanol–water partition coefficient (Wildman–Crippen LogP) is 3.51. The van der Waals surface area contributed by atoms with Crippen LogP contribution in [0.1, 0.15) is 11.1 Å². The van der Waals surface area contributed by atoms with Gasteiger partial charge in [0.2, 0.25) is 0 Å². The van der Waals surface area contributed by atoms with Crippen LogP contribution in [0.4, 0.5) is 16.2 Å². The Kier molecular flexibility index (Phi) is 5.90. The number of carbonyl (C=O) groups is 1. The molecule has 0 bridgehead atoms. The van der Waals surface area contributed by atoms with E-state index in [-0.39, 0.29) is 4.90 Å². The topological polar surface area (TPSA) is 100 Å². The quantitative estimate of drug-likeness (QED) is 0.593. The van der Waals surface area contributed by atoms with Crippen molar-refractivity contribution in [1.82, 2.24) is 10.3 Å². The maximum absolute atomic E-state index is 12.5. The van der Waals surface area contributed by atoms with Crippen LogP contribution in [-0.2, 0) is 16.6 Å². The minimum absolute atomic E-state index is 0.107. The highest BCUT2D eigenvalue weighted by Gasteiger charge is 2.14. The standard InChI is InChI=1S/C20H20N4O3S/c1-15-4-2-6-18(12-15)24-28(26,27)19-9-7-17(8-10-19)23-20(25)22-14-16-5-3-11-21-13-16/h2-13,24H,14H2,1H3,(H2,22,23,25). The summed E-state index contributed by atoms with van der Waals surface area (Å²) in [6.45, 7) is 2.23. The van der Waals surface area contributed by atoms with Gasteiger partial charge in [-0.2, -0.15) is 0 Å². The van der Waals surface area contributed by atoms with E-state index in [1.54, 1.807) is 36.7 Å². The number of nitrogens with zero attached hydrogens (tertiary/aromatic N) is 1. The monoisotopic (exact) mass is 396 g/mol. The lowest BCUT2D eigenvalue weighted by atomic mass is 10.2. The Morgan fingerprint density at radius 3 is 2.46 bits per heavy atom. The number of anilines is 2. The van der Waals surface area contributed by atoms with Gasteiger partial charge in [0, 0.05) is 30.3 Å². The summed E-state index contributed by atoms with van der Waals surface area (Å²) in [4.78, 5) is 16.1. The Bertz CT molecular complexity index is 1050. The van der Waals surface area contributed by atoms with Crippen molar-refractivity contribution in [3.63, 3.8) is 0 Å². The Labute approximate surface area is 163 Å². The summed E-state index contributed by atoms with van der Waals surface area (Å²) in [5.41, 5.74) is 2.81. The number of nitrogens with one attached hydrogen (secondary N) is 3. The lowest BCUT2D eigenvalue weighted by molar-refractivity contribution is 0.251. The fraction of sp³-hybridized carbons (Fsp3) is 0.100. The highest BCUT2D eigenvalue weighted by atomic mass is 32.2. The van der Waals surface area contributed by atoms with Crippen molar-refractivity contribution in [2.24, 2.45) is 0 Å². The van der Waals surface area contributed by atoms with Crippen LogP contribution in [0.15, 0.2) is 78.0 Å². The number of benzene rings is 2. The van der Waals surface area contributed by atoms with Gasteiger partial charge in [0.1, 0.15) is 0 Å². The summed E-state index contributed by atoms with van der Waals surface area (Å²) in [5.74, 6) is 0. The van der Waals surface area contributed by atoms with Gasteiger partial charge in [0.25, 0.3) is 10.0 Å². The molecule has 0 unspecified atom stereocenters. The smallest absolute Gasteiger partial charge is 0.319 e. The van der Waals surface area contributed by atoms with Crippen molar-refractivity contribution in [1.29, 1.82) is 0 Å². The third-order valence-corrected chi connectivity index (χ3v) is 5.27. The van der Waals surface area contributed by atoms with Gasteiger partial charge in [0.05, 0.1) is 4.90 Å². The first-order chi connectivity index (χ1) is 13.4. The summed E-state index contributed by atoms with van der Waals surface area (Å²) >= 11 is 0. The lowest BCUT2D eigenvalue weighted by Gasteiger charge is -2.10. The van der Waals surface area contributed by atoms with E-state index in [0.717, 1.165) is 11.1 Å². The van der Waals surface area contributed by atoms with Crippen LogP contribution in [0.5, 0.6) is 0 Å². The van der Waals surface area contributed by atoms with Gasteiger partial charge in [-0.15, -0.1) is 0 Å². The normalized spacial score (nSPS) is 10.9. The first-order valence-electron chi connectivity index (χ1n) is 8.56. The van der Waals surface area contributed by atoms with E-state index >= 15 is 0 Å². The number of pyridine rings is 1. The second-order valence-electron chi connectivity index (χ2n) is 6.17. The molecule has 0 radical (unpaired) electrons. The van der Waals surface area contributed by atoms with Crippen LogP contribution < -0.4 is 15.4 Å². The van der Waals surface area contributed by atoms with Gasteiger partial charge in [0.15, 0.2) is 0 Å². The molecule has 144 valence electrons. The van der Waals surface area contributed by atoms with Gasteiger partial charge >= 0.3 is 6.03 Å². The molecule has 0 saturated carbocycles. The van der Waals surface area contributed by atoms with Crippen LogP contribution in [0.2, 0.25) is 0 Å². The zero-order valence-electron chi connectivity index (χ0n) is 15.2. The molecule has 0 aliphatic heterocycles. The molecular formula is C20H20N4O3S. The molecule has 0 spiro atoms. The maximum Gasteiger partial charge on any atom is 0.319 e. The minimum atomic E-state index is -3.71. The van der Waals surface area contributed by atoms with E-state index in [4.69, 9.17) is 0 Å². The van der Waals surface area contributed by atoms with E-state index in [0.29, 0.717) is 17.9 Å². The van der Waals surface area contributed by atoms with E-state index in [1.807, 2.05) is 19.1 Å². The van der Waals surface area contributed by atoms with Gasteiger partial charge in [-0.05, 0) is 60.5 Å². The molecule has 0 atom stereocenters. The minimum Gasteiger partial charge on any atom is -0.334 e. The van der Waals surface area contributed by atoms with Crippen LogP contribution in [0.3, 0.4) is 0 Å². The van der Waals surface area contributed by atoms with Gasteiger partial charge in [-0.1, -0.05) is 18.2 Å². The number of hydrogen-bond donors (Lipinski definition) is 3. The first kappa shape index (κ1) is 19.4. The van der Waals surface area contributed by atoms with Crippen molar-refractivity contribution in [3.05, 3.63) is 84.2 Å². The predicted molar refractivity (Wildman–Crippen MR) is 109 cm³/mol. The number of sulfonamides is 1. The molecule has 0 aliphatic rings. The summed E-state index contributed by atoms with van der Waals surface area (Å²) < 4.78 is 27.5. The van der Waals surface area contributed by atoms with Crippen molar-refractivity contribution < 1.29 is 13.2 Å². The van der Waals surface area contributed by atoms with Crippen molar-refractivity contribution >= 4 is 27.4 Å². The van der Waals surface area contributed by atoms with E-state index in [9.17, 15) is 13.2 Å². The Hall–Kier alpha value is -3.39. The number of amides is 2. The second kappa shape index (κ2) is 8.53. The molecule has 7 nitrogen and oxygen atoms in total. The first-order valence-corrected chi connectivity index (χ1v) is 10.0. The molecule has 28 heavy (non-hydrogen) atoms. The summed E-state index contributed by atoms with van der Waals surface area (Å²) in [6.07, 6.45) is 3.33. The largest absolute Gasteiger partial charge is 0.334 e. The summed E-state index contributed by atoms with van der Waals surface area (Å²) in [5, 5.41) is 5.37. The molecule has 2 amide bonds. The molecule has 3 N–H and O–H groups in total. The molecule has 3 aromatic rings. The van der Waals surface area contributed by atoms with E-state index < -0.39 is 16.1 Å². The SMILES string of the molecule is Cc1cccc(NS(=O)(=O)c2ccc(NC(=O)NCc3cccnc3)cc2)c1. The zero-order valence-corrected chi connectivity index (χ0v) is 16.0. The van der Waals surface area contributed by atoms with Crippen molar-refractivity contribution in [2.75, 3.05) is 10.0 Å². The molecule has 1 aromatic heterocycles. The van der Waals surface area contributed by atoms with Crippen LogP contribution in [0.25, 0.3) is 0 Å². The average molecular weight is 396 g/mol. The molecule has 1 heterocycles. The molecule has 8 heteroatoms. The van der Waals surface area contributed by atoms with Crippen LogP contribution in [0, 0.1) is 6.92 Å². The molecule has 3 rings (SSSR count).